The molecule has 0 saturated carbocycles. The molecule has 1 fully saturated rings. The quantitative estimate of drug-likeness (QED) is 0.281. The Hall–Kier alpha value is -3.45. The molecule has 0 spiro atoms. The summed E-state index contributed by atoms with van der Waals surface area (Å²) in [4.78, 5) is 38.7. The van der Waals surface area contributed by atoms with Crippen molar-refractivity contribution in [3.63, 3.8) is 0 Å². The van der Waals surface area contributed by atoms with Crippen molar-refractivity contribution in [1.29, 1.82) is 5.26 Å². The van der Waals surface area contributed by atoms with Gasteiger partial charge in [-0.05, 0) is 86.0 Å². The highest BCUT2D eigenvalue weighted by atomic mass is 79.9. The number of hydrogen-bond acceptors (Lipinski definition) is 5. The van der Waals surface area contributed by atoms with Gasteiger partial charge in [0.05, 0.1) is 26.3 Å². The Morgan fingerprint density at radius 2 is 1.69 bits per heavy atom. The molecule has 3 aromatic carbocycles. The van der Waals surface area contributed by atoms with E-state index in [9.17, 15) is 19.6 Å². The fraction of sp³-hybridized carbons (Fsp3) is 0.0400. The summed E-state index contributed by atoms with van der Waals surface area (Å²) in [5, 5.41) is 11.9. The molecule has 3 aromatic rings. The number of ether oxygens (including phenoxy) is 1. The van der Waals surface area contributed by atoms with Crippen molar-refractivity contribution in [3.05, 3.63) is 96.9 Å². The maximum atomic E-state index is 13.1. The molecule has 0 atom stereocenters. The van der Waals surface area contributed by atoms with E-state index < -0.39 is 17.8 Å². The molecular formula is C25H14Br2ClN3O4. The molecule has 35 heavy (non-hydrogen) atoms. The van der Waals surface area contributed by atoms with Gasteiger partial charge in [0, 0.05) is 10.6 Å². The van der Waals surface area contributed by atoms with E-state index in [0.29, 0.717) is 30.8 Å². The van der Waals surface area contributed by atoms with E-state index in [1.165, 1.54) is 18.2 Å². The maximum Gasteiger partial charge on any atom is 0.335 e. The molecular weight excluding hydrogens is 602 g/mol. The van der Waals surface area contributed by atoms with Crippen LogP contribution in [0.4, 0.5) is 10.5 Å². The fourth-order valence-electron chi connectivity index (χ4n) is 3.35. The summed E-state index contributed by atoms with van der Waals surface area (Å²) in [7, 11) is 0. The smallest absolute Gasteiger partial charge is 0.335 e. The van der Waals surface area contributed by atoms with Gasteiger partial charge < -0.3 is 4.74 Å². The highest BCUT2D eigenvalue weighted by Gasteiger charge is 2.36. The van der Waals surface area contributed by atoms with Crippen molar-refractivity contribution < 1.29 is 19.1 Å². The molecule has 0 unspecified atom stereocenters. The number of nitriles is 1. The Kier molecular flexibility index (Phi) is 7.36. The molecule has 10 heteroatoms. The molecule has 1 aliphatic rings. The zero-order valence-electron chi connectivity index (χ0n) is 17.7. The van der Waals surface area contributed by atoms with Crippen molar-refractivity contribution >= 4 is 73.1 Å². The standard InChI is InChI=1S/C25H14Br2ClN3O4/c26-20-10-14(11-21(27)22(20)35-13-16-4-2-1-3-15(16)12-29)9-19-23(32)30-25(34)31(24(19)33)18-7-5-17(28)6-8-18/h1-11H,13H2,(H,30,32,34)/b19-9+. The second kappa shape index (κ2) is 10.4. The molecule has 0 radical (unpaired) electrons. The first-order chi connectivity index (χ1) is 16.8. The van der Waals surface area contributed by atoms with Gasteiger partial charge in [-0.1, -0.05) is 29.8 Å². The molecule has 0 aromatic heterocycles. The largest absolute Gasteiger partial charge is 0.486 e. The van der Waals surface area contributed by atoms with Crippen LogP contribution in [-0.2, 0) is 16.2 Å². The summed E-state index contributed by atoms with van der Waals surface area (Å²) in [6.45, 7) is 0.167. The van der Waals surface area contributed by atoms with Gasteiger partial charge in [0.25, 0.3) is 11.8 Å². The fourth-order valence-corrected chi connectivity index (χ4v) is 4.93. The predicted molar refractivity (Wildman–Crippen MR) is 138 cm³/mol. The number of anilines is 1. The Labute approximate surface area is 222 Å². The van der Waals surface area contributed by atoms with Gasteiger partial charge in [0.15, 0.2) is 0 Å². The molecule has 1 aliphatic heterocycles. The second-order valence-electron chi connectivity index (χ2n) is 7.31. The van der Waals surface area contributed by atoms with E-state index in [0.717, 1.165) is 10.5 Å². The summed E-state index contributed by atoms with van der Waals surface area (Å²) in [5.41, 5.74) is 1.82. The molecule has 0 aliphatic carbocycles. The number of carbonyl (C=O) groups excluding carboxylic acids is 3. The Bertz CT molecular complexity index is 1410. The number of barbiturate groups is 1. The lowest BCUT2D eigenvalue weighted by atomic mass is 10.1. The number of hydrogen-bond donors (Lipinski definition) is 1. The van der Waals surface area contributed by atoms with Crippen molar-refractivity contribution in [3.8, 4) is 11.8 Å². The lowest BCUT2D eigenvalue weighted by molar-refractivity contribution is -0.122. The third-order valence-electron chi connectivity index (χ3n) is 5.03. The van der Waals surface area contributed by atoms with Gasteiger partial charge in [-0.25, -0.2) is 9.69 Å². The van der Waals surface area contributed by atoms with Crippen LogP contribution in [-0.4, -0.2) is 17.8 Å². The number of rotatable bonds is 5. The van der Waals surface area contributed by atoms with Crippen LogP contribution in [0.25, 0.3) is 6.08 Å². The van der Waals surface area contributed by atoms with E-state index >= 15 is 0 Å². The SMILES string of the molecule is N#Cc1ccccc1COc1c(Br)cc(/C=C2\C(=O)NC(=O)N(c3ccc(Cl)cc3)C2=O)cc1Br. The average Bonchev–Trinajstić information content (AvgIpc) is 2.82. The third-order valence-corrected chi connectivity index (χ3v) is 6.46. The molecule has 1 heterocycles. The van der Waals surface area contributed by atoms with Crippen molar-refractivity contribution in [1.82, 2.24) is 5.32 Å². The van der Waals surface area contributed by atoms with Crippen LogP contribution in [0.2, 0.25) is 5.02 Å². The number of imide groups is 2. The first-order valence-electron chi connectivity index (χ1n) is 10.1. The van der Waals surface area contributed by atoms with Crippen LogP contribution in [0.1, 0.15) is 16.7 Å². The monoisotopic (exact) mass is 613 g/mol. The molecule has 1 saturated heterocycles. The summed E-state index contributed by atoms with van der Waals surface area (Å²) in [6.07, 6.45) is 1.39. The summed E-state index contributed by atoms with van der Waals surface area (Å²) < 4.78 is 7.02. The normalized spacial score (nSPS) is 14.6. The summed E-state index contributed by atoms with van der Waals surface area (Å²) in [5.74, 6) is -1.08. The van der Waals surface area contributed by atoms with Crippen molar-refractivity contribution in [2.24, 2.45) is 0 Å². The lowest BCUT2D eigenvalue weighted by Gasteiger charge is -2.26. The van der Waals surface area contributed by atoms with Crippen LogP contribution < -0.4 is 15.0 Å². The van der Waals surface area contributed by atoms with Crippen molar-refractivity contribution in [2.75, 3.05) is 4.90 Å². The number of nitrogens with one attached hydrogen (secondary N) is 1. The number of benzene rings is 3. The van der Waals surface area contributed by atoms with Crippen LogP contribution in [0, 0.1) is 11.3 Å². The van der Waals surface area contributed by atoms with Gasteiger partial charge in [0.1, 0.15) is 17.9 Å². The predicted octanol–water partition coefficient (Wildman–Crippen LogP) is 5.98. The Morgan fingerprint density at radius 3 is 2.34 bits per heavy atom. The van der Waals surface area contributed by atoms with E-state index in [2.05, 4.69) is 43.2 Å². The van der Waals surface area contributed by atoms with E-state index in [4.69, 9.17) is 16.3 Å². The number of nitrogens with zero attached hydrogens (tertiary/aromatic N) is 2. The van der Waals surface area contributed by atoms with Gasteiger partial charge in [-0.3, -0.25) is 14.9 Å². The molecule has 0 bridgehead atoms. The van der Waals surface area contributed by atoms with E-state index in [1.807, 2.05) is 6.07 Å². The maximum absolute atomic E-state index is 13.1. The van der Waals surface area contributed by atoms with Crippen molar-refractivity contribution in [2.45, 2.75) is 6.61 Å². The van der Waals surface area contributed by atoms with Gasteiger partial charge in [0.2, 0.25) is 0 Å². The average molecular weight is 616 g/mol. The zero-order chi connectivity index (χ0) is 25.1. The molecule has 174 valence electrons. The number of urea groups is 1. The van der Waals surface area contributed by atoms with Gasteiger partial charge in [-0.15, -0.1) is 0 Å². The first kappa shape index (κ1) is 24.7. The van der Waals surface area contributed by atoms with Gasteiger partial charge >= 0.3 is 6.03 Å². The zero-order valence-corrected chi connectivity index (χ0v) is 21.6. The van der Waals surface area contributed by atoms with E-state index in [-0.39, 0.29) is 17.9 Å². The molecule has 4 rings (SSSR count). The number of amides is 4. The lowest BCUT2D eigenvalue weighted by Crippen LogP contribution is -2.54. The first-order valence-corrected chi connectivity index (χ1v) is 12.0. The summed E-state index contributed by atoms with van der Waals surface area (Å²) >= 11 is 12.8. The summed E-state index contributed by atoms with van der Waals surface area (Å²) in [6, 6.07) is 17.9. The third kappa shape index (κ3) is 5.30. The Balaban J connectivity index is 1.61. The van der Waals surface area contributed by atoms with Crippen LogP contribution in [0.3, 0.4) is 0 Å². The second-order valence-corrected chi connectivity index (χ2v) is 9.45. The minimum absolute atomic E-state index is 0.167. The van der Waals surface area contributed by atoms with Crippen LogP contribution in [0.15, 0.2) is 75.2 Å². The minimum Gasteiger partial charge on any atom is -0.486 e. The Morgan fingerprint density at radius 1 is 1.03 bits per heavy atom. The molecule has 1 N–H and O–H groups in total. The van der Waals surface area contributed by atoms with Gasteiger partial charge in [-0.2, -0.15) is 5.26 Å². The highest BCUT2D eigenvalue weighted by Crippen LogP contribution is 2.36. The van der Waals surface area contributed by atoms with Crippen LogP contribution >= 0.6 is 43.5 Å². The van der Waals surface area contributed by atoms with E-state index in [1.54, 1.807) is 42.5 Å². The van der Waals surface area contributed by atoms with Crippen LogP contribution in [0.5, 0.6) is 5.75 Å². The number of halogens is 3. The number of carbonyl (C=O) groups is 3. The highest BCUT2D eigenvalue weighted by molar-refractivity contribution is 9.11. The molecule has 4 amide bonds. The minimum atomic E-state index is -0.844. The topological polar surface area (TPSA) is 99.5 Å². The molecule has 7 nitrogen and oxygen atoms in total.